The van der Waals surface area contributed by atoms with Crippen molar-refractivity contribution in [3.8, 4) is 0 Å². The summed E-state index contributed by atoms with van der Waals surface area (Å²) < 4.78 is 7.59. The highest BCUT2D eigenvalue weighted by molar-refractivity contribution is 9.10. The number of hydrogen-bond acceptors (Lipinski definition) is 4. The molecule has 2 heterocycles. The van der Waals surface area contributed by atoms with Crippen LogP contribution in [0.15, 0.2) is 46.9 Å². The summed E-state index contributed by atoms with van der Waals surface area (Å²) in [5.41, 5.74) is 4.53. The van der Waals surface area contributed by atoms with Gasteiger partial charge in [-0.15, -0.1) is 0 Å². The van der Waals surface area contributed by atoms with E-state index in [-0.39, 0.29) is 18.3 Å². The Morgan fingerprint density at radius 3 is 2.76 bits per heavy atom. The van der Waals surface area contributed by atoms with Gasteiger partial charge >= 0.3 is 11.8 Å². The van der Waals surface area contributed by atoms with Gasteiger partial charge in [-0.2, -0.15) is 0 Å². The molecule has 1 aliphatic heterocycles. The normalized spacial score (nSPS) is 15.4. The fraction of sp³-hybridized carbons (Fsp3) is 0.261. The van der Waals surface area contributed by atoms with Gasteiger partial charge in [0, 0.05) is 33.7 Å². The van der Waals surface area contributed by atoms with Crippen LogP contribution in [0.5, 0.6) is 0 Å². The Morgan fingerprint density at radius 2 is 2.00 bits per heavy atom. The zero-order valence-electron chi connectivity index (χ0n) is 17.8. The fourth-order valence-corrected chi connectivity index (χ4v) is 4.20. The largest absolute Gasteiger partial charge is 0.376 e. The molecule has 10 heteroatoms. The van der Waals surface area contributed by atoms with E-state index >= 15 is 0 Å². The van der Waals surface area contributed by atoms with Gasteiger partial charge in [0.2, 0.25) is 0 Å². The summed E-state index contributed by atoms with van der Waals surface area (Å²) in [4.78, 5) is 38.1. The minimum Gasteiger partial charge on any atom is -0.376 e. The average molecular weight is 534 g/mol. The number of nitrogens with one attached hydrogen (secondary N) is 3. The molecule has 3 aromatic rings. The van der Waals surface area contributed by atoms with Crippen LogP contribution in [-0.2, 0) is 14.3 Å². The summed E-state index contributed by atoms with van der Waals surface area (Å²) in [5.74, 6) is -2.16. The highest BCUT2D eigenvalue weighted by Crippen LogP contribution is 2.26. The lowest BCUT2D eigenvalue weighted by Crippen LogP contribution is -2.42. The zero-order valence-corrected chi connectivity index (χ0v) is 20.1. The molecule has 1 aromatic heterocycles. The zero-order chi connectivity index (χ0) is 23.5. The summed E-state index contributed by atoms with van der Waals surface area (Å²) in [7, 11) is 0. The molecule has 33 heavy (non-hydrogen) atoms. The Hall–Kier alpha value is -2.88. The second-order valence-electron chi connectivity index (χ2n) is 7.72. The minimum absolute atomic E-state index is 0.0891. The number of hydrogen-bond donors (Lipinski definition) is 3. The van der Waals surface area contributed by atoms with Crippen LogP contribution < -0.4 is 16.1 Å². The Kier molecular flexibility index (Phi) is 7.02. The van der Waals surface area contributed by atoms with E-state index in [1.165, 1.54) is 4.68 Å². The molecular formula is C23H22BrClN4O4. The van der Waals surface area contributed by atoms with Crippen molar-refractivity contribution in [1.82, 2.24) is 9.99 Å². The maximum Gasteiger partial charge on any atom is 0.328 e. The SMILES string of the molecule is Cc1c(Cl)cccc1NC(=O)c1cc2cc(Br)ccc2n1NC(=O)C(=O)NC[C@H]1CCCO1. The molecule has 3 N–H and O–H groups in total. The van der Waals surface area contributed by atoms with Crippen molar-refractivity contribution in [3.63, 3.8) is 0 Å². The number of rotatable bonds is 5. The van der Waals surface area contributed by atoms with Crippen LogP contribution in [0, 0.1) is 6.92 Å². The van der Waals surface area contributed by atoms with Crippen molar-refractivity contribution in [2.24, 2.45) is 0 Å². The van der Waals surface area contributed by atoms with E-state index in [4.69, 9.17) is 16.3 Å². The number of halogens is 2. The van der Waals surface area contributed by atoms with Crippen LogP contribution in [0.1, 0.15) is 28.9 Å². The van der Waals surface area contributed by atoms with Gasteiger partial charge in [0.05, 0.1) is 11.6 Å². The van der Waals surface area contributed by atoms with Crippen LogP contribution in [0.25, 0.3) is 10.9 Å². The fourth-order valence-electron chi connectivity index (χ4n) is 3.65. The van der Waals surface area contributed by atoms with E-state index in [1.807, 2.05) is 6.07 Å². The Balaban J connectivity index is 1.58. The predicted molar refractivity (Wildman–Crippen MR) is 130 cm³/mol. The molecule has 0 unspecified atom stereocenters. The summed E-state index contributed by atoms with van der Waals surface area (Å²) in [6.45, 7) is 2.71. The van der Waals surface area contributed by atoms with Gasteiger partial charge < -0.3 is 15.4 Å². The third-order valence-corrected chi connectivity index (χ3v) is 6.35. The van der Waals surface area contributed by atoms with E-state index in [0.29, 0.717) is 28.2 Å². The molecule has 0 radical (unpaired) electrons. The van der Waals surface area contributed by atoms with E-state index in [1.54, 1.807) is 43.3 Å². The standard InChI is InChI=1S/C23H22BrClN4O4/c1-13-17(25)5-2-6-18(13)27-21(30)20-11-14-10-15(24)7-8-19(14)29(20)28-23(32)22(31)26-12-16-4-3-9-33-16/h2,5-8,10-11,16H,3-4,9,12H2,1H3,(H,26,31)(H,27,30)(H,28,32)/t16-/m1/s1. The maximum absolute atomic E-state index is 13.1. The summed E-state index contributed by atoms with van der Waals surface area (Å²) in [5, 5.41) is 6.64. The first kappa shape index (κ1) is 23.3. The number of carbonyl (C=O) groups is 3. The van der Waals surface area contributed by atoms with Crippen LogP contribution >= 0.6 is 27.5 Å². The summed E-state index contributed by atoms with van der Waals surface area (Å²) >= 11 is 9.58. The quantitative estimate of drug-likeness (QED) is 0.432. The third-order valence-electron chi connectivity index (χ3n) is 5.45. The maximum atomic E-state index is 13.1. The lowest BCUT2D eigenvalue weighted by atomic mass is 10.2. The highest BCUT2D eigenvalue weighted by Gasteiger charge is 2.23. The second-order valence-corrected chi connectivity index (χ2v) is 9.04. The average Bonchev–Trinajstić information content (AvgIpc) is 3.43. The molecule has 0 aliphatic carbocycles. The Labute approximate surface area is 203 Å². The van der Waals surface area contributed by atoms with Crippen LogP contribution in [0.4, 0.5) is 5.69 Å². The van der Waals surface area contributed by atoms with Crippen molar-refractivity contribution < 1.29 is 19.1 Å². The number of ether oxygens (including phenoxy) is 1. The molecule has 1 atom stereocenters. The topological polar surface area (TPSA) is 101 Å². The van der Waals surface area contributed by atoms with Gasteiger partial charge in [0.15, 0.2) is 0 Å². The molecule has 0 spiro atoms. The molecule has 8 nitrogen and oxygen atoms in total. The van der Waals surface area contributed by atoms with Gasteiger partial charge in [-0.25, -0.2) is 4.68 Å². The Bertz CT molecular complexity index is 1240. The monoisotopic (exact) mass is 532 g/mol. The van der Waals surface area contributed by atoms with E-state index in [2.05, 4.69) is 32.0 Å². The number of aromatic nitrogens is 1. The Morgan fingerprint density at radius 1 is 1.18 bits per heavy atom. The van der Waals surface area contributed by atoms with Crippen molar-refractivity contribution in [2.45, 2.75) is 25.9 Å². The first-order chi connectivity index (χ1) is 15.8. The second kappa shape index (κ2) is 9.94. The number of fused-ring (bicyclic) bond motifs is 1. The van der Waals surface area contributed by atoms with Crippen LogP contribution in [0.2, 0.25) is 5.02 Å². The van der Waals surface area contributed by atoms with Crippen LogP contribution in [0.3, 0.4) is 0 Å². The van der Waals surface area contributed by atoms with Gasteiger partial charge in [-0.05, 0) is 61.7 Å². The van der Waals surface area contributed by atoms with Crippen LogP contribution in [-0.4, -0.2) is 41.7 Å². The van der Waals surface area contributed by atoms with E-state index < -0.39 is 17.7 Å². The van der Waals surface area contributed by atoms with Gasteiger partial charge in [0.1, 0.15) is 5.69 Å². The van der Waals surface area contributed by atoms with E-state index in [9.17, 15) is 14.4 Å². The number of anilines is 1. The molecule has 0 bridgehead atoms. The molecule has 1 fully saturated rings. The van der Waals surface area contributed by atoms with E-state index in [0.717, 1.165) is 22.9 Å². The van der Waals surface area contributed by atoms with Gasteiger partial charge in [-0.1, -0.05) is 33.6 Å². The predicted octanol–water partition coefficient (Wildman–Crippen LogP) is 3.98. The molecular weight excluding hydrogens is 512 g/mol. The third kappa shape index (κ3) is 5.21. The number of carbonyl (C=O) groups excluding carboxylic acids is 3. The lowest BCUT2D eigenvalue weighted by Gasteiger charge is -2.14. The molecule has 1 aliphatic rings. The van der Waals surface area contributed by atoms with Gasteiger partial charge in [-0.3, -0.25) is 19.8 Å². The van der Waals surface area contributed by atoms with Gasteiger partial charge in [0.25, 0.3) is 5.91 Å². The molecule has 4 rings (SSSR count). The molecule has 1 saturated heterocycles. The van der Waals surface area contributed by atoms with Crippen molar-refractivity contribution in [3.05, 3.63) is 63.2 Å². The smallest absolute Gasteiger partial charge is 0.328 e. The first-order valence-corrected chi connectivity index (χ1v) is 11.6. The summed E-state index contributed by atoms with van der Waals surface area (Å²) in [6, 6.07) is 12.2. The lowest BCUT2D eigenvalue weighted by molar-refractivity contribution is -0.136. The minimum atomic E-state index is -0.888. The highest BCUT2D eigenvalue weighted by atomic mass is 79.9. The molecule has 172 valence electrons. The number of benzene rings is 2. The van der Waals surface area contributed by atoms with Crippen molar-refractivity contribution in [1.29, 1.82) is 0 Å². The van der Waals surface area contributed by atoms with Crippen molar-refractivity contribution >= 4 is 61.8 Å². The number of amides is 3. The molecule has 2 aromatic carbocycles. The van der Waals surface area contributed by atoms with Crippen molar-refractivity contribution in [2.75, 3.05) is 23.9 Å². The first-order valence-electron chi connectivity index (χ1n) is 10.4. The molecule has 3 amide bonds. The number of nitrogens with zero attached hydrogens (tertiary/aromatic N) is 1. The summed E-state index contributed by atoms with van der Waals surface area (Å²) in [6.07, 6.45) is 1.68. The molecule has 0 saturated carbocycles.